The molecule has 0 fully saturated rings. The summed E-state index contributed by atoms with van der Waals surface area (Å²) in [6, 6.07) is 0. The minimum absolute atomic E-state index is 0.740. The molecule has 0 unspecified atom stereocenters. The minimum atomic E-state index is 0.740. The van der Waals surface area contributed by atoms with Crippen molar-refractivity contribution in [1.29, 1.82) is 0 Å². The molecule has 0 rings (SSSR count). The summed E-state index contributed by atoms with van der Waals surface area (Å²) in [4.78, 5) is 0. The van der Waals surface area contributed by atoms with Crippen LogP contribution in [0.4, 0.5) is 0 Å². The van der Waals surface area contributed by atoms with Gasteiger partial charge in [-0.25, -0.2) is 0 Å². The van der Waals surface area contributed by atoms with E-state index in [1.807, 2.05) is 6.92 Å². The van der Waals surface area contributed by atoms with Gasteiger partial charge in [0, 0.05) is 0 Å². The summed E-state index contributed by atoms with van der Waals surface area (Å²) < 4.78 is 10.5. The molecule has 0 aliphatic rings. The Balaban J connectivity index is 2.73. The first-order chi connectivity index (χ1) is 5.91. The normalized spacial score (nSPS) is 10.6. The Morgan fingerprint density at radius 1 is 0.917 bits per heavy atom. The van der Waals surface area contributed by atoms with Crippen LogP contribution >= 0.6 is 0 Å². The van der Waals surface area contributed by atoms with Crippen molar-refractivity contribution >= 4 is 17.7 Å². The van der Waals surface area contributed by atoms with Crippen molar-refractivity contribution in [3.63, 3.8) is 0 Å². The molecule has 0 radical (unpaired) electrons. The Morgan fingerprint density at radius 2 is 1.67 bits per heavy atom. The Morgan fingerprint density at radius 3 is 2.33 bits per heavy atom. The van der Waals surface area contributed by atoms with Gasteiger partial charge in [-0.2, -0.15) is 0 Å². The van der Waals surface area contributed by atoms with Crippen molar-refractivity contribution in [2.75, 3.05) is 26.4 Å². The van der Waals surface area contributed by atoms with E-state index < -0.39 is 0 Å². The van der Waals surface area contributed by atoms with Gasteiger partial charge < -0.3 is 0 Å². The van der Waals surface area contributed by atoms with Crippen LogP contribution in [0, 0.1) is 0 Å². The van der Waals surface area contributed by atoms with E-state index in [-0.39, 0.29) is 0 Å². The first kappa shape index (κ1) is 12.5. The first-order valence-corrected chi connectivity index (χ1v) is 5.07. The summed E-state index contributed by atoms with van der Waals surface area (Å²) in [6.07, 6.45) is 3.82. The molecule has 0 amide bonds. The molecule has 0 aromatic heterocycles. The molecule has 0 saturated carbocycles. The Kier molecular flexibility index (Phi) is 12.0. The predicted octanol–water partition coefficient (Wildman–Crippen LogP) is 1.80. The Labute approximate surface area is 85.2 Å². The summed E-state index contributed by atoms with van der Waals surface area (Å²) >= 11 is 2.22. The van der Waals surface area contributed by atoms with Crippen LogP contribution in [0.3, 0.4) is 0 Å². The van der Waals surface area contributed by atoms with E-state index in [0.717, 1.165) is 26.4 Å². The summed E-state index contributed by atoms with van der Waals surface area (Å²) in [7, 11) is 0. The van der Waals surface area contributed by atoms with Crippen molar-refractivity contribution in [3.05, 3.63) is 0 Å². The quantitative estimate of drug-likeness (QED) is 0.384. The molecule has 0 saturated heterocycles. The fourth-order valence-corrected chi connectivity index (χ4v) is 0.995. The van der Waals surface area contributed by atoms with Crippen LogP contribution < -0.4 is 0 Å². The molecule has 0 aliphatic heterocycles. The van der Waals surface area contributed by atoms with Gasteiger partial charge >= 0.3 is 84.9 Å². The summed E-state index contributed by atoms with van der Waals surface area (Å²) in [6.45, 7) is 5.18. The van der Waals surface area contributed by atoms with E-state index >= 15 is 0 Å². The van der Waals surface area contributed by atoms with Gasteiger partial charge in [0.2, 0.25) is 0 Å². The first-order valence-electron chi connectivity index (χ1n) is 5.07. The molecular formula is C9H19LiO2. The molecule has 0 aromatic rings. The van der Waals surface area contributed by atoms with Gasteiger partial charge in [0.15, 0.2) is 0 Å². The van der Waals surface area contributed by atoms with Crippen LogP contribution in [0.15, 0.2) is 0 Å². The molecule has 0 bridgehead atoms. The van der Waals surface area contributed by atoms with Crippen LogP contribution in [0.25, 0.3) is 0 Å². The topological polar surface area (TPSA) is 18.5 Å². The third-order valence-corrected chi connectivity index (χ3v) is 1.72. The van der Waals surface area contributed by atoms with Gasteiger partial charge in [-0.3, -0.25) is 0 Å². The Bertz CT molecular complexity index is 68.9. The maximum absolute atomic E-state index is 5.36. The molecule has 0 aliphatic carbocycles. The average molecular weight is 166 g/mol. The van der Waals surface area contributed by atoms with Gasteiger partial charge in [0.25, 0.3) is 0 Å². The molecule has 68 valence electrons. The zero-order chi connectivity index (χ0) is 9.07. The van der Waals surface area contributed by atoms with Crippen molar-refractivity contribution in [3.8, 4) is 0 Å². The van der Waals surface area contributed by atoms with Crippen LogP contribution in [0.2, 0.25) is 5.09 Å². The number of rotatable bonds is 9. The third kappa shape index (κ3) is 10.5. The van der Waals surface area contributed by atoms with Crippen LogP contribution in [0.1, 0.15) is 26.2 Å². The number of ether oxygens (including phenoxy) is 2. The standard InChI is InChI=1S/C9H19O2.Li/c1-3-5-6-7-11-9-8-10-4-2;/h1,3-9H2,2H3;. The van der Waals surface area contributed by atoms with E-state index in [0.29, 0.717) is 0 Å². The molecule has 2 nitrogen and oxygen atoms in total. The van der Waals surface area contributed by atoms with Gasteiger partial charge in [0.05, 0.1) is 0 Å². The predicted molar refractivity (Wildman–Crippen MR) is 51.7 cm³/mol. The number of hydrogen-bond acceptors (Lipinski definition) is 2. The second-order valence-corrected chi connectivity index (χ2v) is 2.87. The second-order valence-electron chi connectivity index (χ2n) is 2.87. The molecule has 3 heteroatoms. The van der Waals surface area contributed by atoms with Crippen molar-refractivity contribution in [1.82, 2.24) is 0 Å². The molecular weight excluding hydrogens is 147 g/mol. The van der Waals surface area contributed by atoms with Gasteiger partial charge in [0.1, 0.15) is 0 Å². The van der Waals surface area contributed by atoms with E-state index in [2.05, 4.69) is 17.7 Å². The fourth-order valence-electron chi connectivity index (χ4n) is 0.995. The summed E-state index contributed by atoms with van der Waals surface area (Å²) in [5.41, 5.74) is 0. The van der Waals surface area contributed by atoms with Crippen LogP contribution in [-0.2, 0) is 9.47 Å². The monoisotopic (exact) mass is 166 g/mol. The van der Waals surface area contributed by atoms with Gasteiger partial charge in [-0.15, -0.1) is 0 Å². The van der Waals surface area contributed by atoms with E-state index in [9.17, 15) is 0 Å². The van der Waals surface area contributed by atoms with Crippen LogP contribution in [-0.4, -0.2) is 44.1 Å². The van der Waals surface area contributed by atoms with Crippen molar-refractivity contribution < 1.29 is 9.47 Å². The average Bonchev–Trinajstić information content (AvgIpc) is 2.10. The summed E-state index contributed by atoms with van der Waals surface area (Å²) in [5, 5.41) is 1.29. The molecule has 0 aromatic carbocycles. The number of hydrogen-bond donors (Lipinski definition) is 0. The van der Waals surface area contributed by atoms with Crippen molar-refractivity contribution in [2.45, 2.75) is 31.3 Å². The van der Waals surface area contributed by atoms with E-state index in [4.69, 9.17) is 9.47 Å². The fraction of sp³-hybridized carbons (Fsp3) is 1.00. The molecule has 0 atom stereocenters. The van der Waals surface area contributed by atoms with E-state index in [1.54, 1.807) is 0 Å². The van der Waals surface area contributed by atoms with Gasteiger partial charge in [-0.1, -0.05) is 0 Å². The van der Waals surface area contributed by atoms with E-state index in [1.165, 1.54) is 24.4 Å². The second kappa shape index (κ2) is 11.5. The molecule has 0 N–H and O–H groups in total. The zero-order valence-corrected chi connectivity index (χ0v) is 8.47. The summed E-state index contributed by atoms with van der Waals surface area (Å²) in [5.74, 6) is 0. The third-order valence-electron chi connectivity index (χ3n) is 1.72. The maximum atomic E-state index is 5.36. The number of unbranched alkanes of at least 4 members (excludes halogenated alkanes) is 2. The molecule has 12 heavy (non-hydrogen) atoms. The Hall–Kier alpha value is 0.517. The van der Waals surface area contributed by atoms with Gasteiger partial charge in [-0.05, 0) is 0 Å². The molecule has 0 spiro atoms. The SMILES string of the molecule is [Li][CH2]CCCCOCCOCC. The molecule has 0 heterocycles. The van der Waals surface area contributed by atoms with Crippen molar-refractivity contribution in [2.24, 2.45) is 0 Å². The zero-order valence-electron chi connectivity index (χ0n) is 8.47. The van der Waals surface area contributed by atoms with Crippen LogP contribution in [0.5, 0.6) is 0 Å².